The first kappa shape index (κ1) is 19.1. The van der Waals surface area contributed by atoms with Crippen molar-refractivity contribution in [3.8, 4) is 11.5 Å². The number of amidine groups is 1. The van der Waals surface area contributed by atoms with Gasteiger partial charge in [-0.3, -0.25) is 0 Å². The summed E-state index contributed by atoms with van der Waals surface area (Å²) in [6.07, 6.45) is 0.756. The van der Waals surface area contributed by atoms with Gasteiger partial charge in [0.25, 0.3) is 0 Å². The molecule has 0 saturated carbocycles. The minimum atomic E-state index is -0.698. The quantitative estimate of drug-likeness (QED) is 0.725. The minimum Gasteiger partial charge on any atom is -0.493 e. The Morgan fingerprint density at radius 3 is 2.48 bits per heavy atom. The number of hydrogen-bond donors (Lipinski definition) is 0. The fraction of sp³-hybridized carbons (Fsp3) is 0.364. The van der Waals surface area contributed by atoms with Crippen LogP contribution in [0.25, 0.3) is 0 Å². The summed E-state index contributed by atoms with van der Waals surface area (Å²) in [4.78, 5) is 14.7. The van der Waals surface area contributed by atoms with E-state index in [0.717, 1.165) is 23.2 Å². The number of rotatable bonds is 5. The molecule has 0 aromatic heterocycles. The normalized spacial score (nSPS) is 19.9. The van der Waals surface area contributed by atoms with Crippen molar-refractivity contribution in [2.75, 3.05) is 32.4 Å². The smallest absolute Gasteiger partial charge is 0.376 e. The van der Waals surface area contributed by atoms with E-state index in [9.17, 15) is 4.79 Å². The molecular formula is C22H25N3O4. The van der Waals surface area contributed by atoms with Crippen molar-refractivity contribution in [3.05, 3.63) is 53.6 Å². The van der Waals surface area contributed by atoms with Crippen molar-refractivity contribution in [2.45, 2.75) is 25.9 Å². The van der Waals surface area contributed by atoms with Gasteiger partial charge in [-0.2, -0.15) is 0 Å². The van der Waals surface area contributed by atoms with Gasteiger partial charge >= 0.3 is 5.97 Å². The highest BCUT2D eigenvalue weighted by molar-refractivity contribution is 6.36. The van der Waals surface area contributed by atoms with Gasteiger partial charge in [-0.1, -0.05) is 18.2 Å². The van der Waals surface area contributed by atoms with Crippen LogP contribution in [0.5, 0.6) is 11.5 Å². The third-order valence-electron chi connectivity index (χ3n) is 5.57. The first-order chi connectivity index (χ1) is 14.0. The molecule has 7 heteroatoms. The molecule has 7 nitrogen and oxygen atoms in total. The molecule has 0 radical (unpaired) electrons. The largest absolute Gasteiger partial charge is 0.493 e. The van der Waals surface area contributed by atoms with Crippen LogP contribution in [-0.2, 0) is 21.6 Å². The number of carbonyl (C=O) groups is 1. The molecule has 0 aliphatic carbocycles. The van der Waals surface area contributed by atoms with Crippen molar-refractivity contribution in [1.29, 1.82) is 0 Å². The molecule has 2 aromatic rings. The fourth-order valence-corrected chi connectivity index (χ4v) is 4.18. The predicted octanol–water partition coefficient (Wildman–Crippen LogP) is 3.13. The van der Waals surface area contributed by atoms with Crippen LogP contribution < -0.4 is 14.5 Å². The molecule has 0 saturated heterocycles. The number of methoxy groups -OCH3 is 2. The lowest BCUT2D eigenvalue weighted by molar-refractivity contribution is -0.136. The Morgan fingerprint density at radius 1 is 1.14 bits per heavy atom. The Bertz CT molecular complexity index is 960. The first-order valence-electron chi connectivity index (χ1n) is 9.68. The van der Waals surface area contributed by atoms with Crippen LogP contribution in [0.3, 0.4) is 0 Å². The molecule has 4 rings (SSSR count). The van der Waals surface area contributed by atoms with Crippen LogP contribution in [0.15, 0.2) is 47.6 Å². The molecule has 1 unspecified atom stereocenters. The van der Waals surface area contributed by atoms with Gasteiger partial charge in [-0.15, -0.1) is 5.10 Å². The molecular weight excluding hydrogens is 370 g/mol. The van der Waals surface area contributed by atoms with Crippen LogP contribution >= 0.6 is 0 Å². The lowest BCUT2D eigenvalue weighted by Gasteiger charge is -2.46. The summed E-state index contributed by atoms with van der Waals surface area (Å²) in [7, 11) is 3.26. The number of hydrazone groups is 1. The van der Waals surface area contributed by atoms with E-state index in [1.165, 1.54) is 0 Å². The summed E-state index contributed by atoms with van der Waals surface area (Å²) < 4.78 is 16.3. The van der Waals surface area contributed by atoms with Crippen LogP contribution in [-0.4, -0.2) is 44.1 Å². The molecule has 152 valence electrons. The van der Waals surface area contributed by atoms with Gasteiger partial charge in [-0.05, 0) is 50.1 Å². The van der Waals surface area contributed by atoms with E-state index >= 15 is 0 Å². The molecule has 0 N–H and O–H groups in total. The highest BCUT2D eigenvalue weighted by Gasteiger charge is 2.52. The second-order valence-electron chi connectivity index (χ2n) is 7.08. The van der Waals surface area contributed by atoms with Crippen LogP contribution in [0.1, 0.15) is 25.0 Å². The average molecular weight is 395 g/mol. The van der Waals surface area contributed by atoms with Gasteiger partial charge in [0, 0.05) is 12.1 Å². The molecule has 0 fully saturated rings. The summed E-state index contributed by atoms with van der Waals surface area (Å²) in [5.41, 5.74) is 2.36. The van der Waals surface area contributed by atoms with Gasteiger partial charge in [0.15, 0.2) is 17.2 Å². The number of ether oxygens (including phenoxy) is 3. The summed E-state index contributed by atoms with van der Waals surface area (Å²) in [5, 5.41) is 6.61. The van der Waals surface area contributed by atoms with E-state index in [4.69, 9.17) is 19.3 Å². The van der Waals surface area contributed by atoms with E-state index in [1.54, 1.807) is 21.1 Å². The van der Waals surface area contributed by atoms with Gasteiger partial charge in [0.2, 0.25) is 5.84 Å². The highest BCUT2D eigenvalue weighted by atomic mass is 16.5. The van der Waals surface area contributed by atoms with Crippen LogP contribution in [0, 0.1) is 0 Å². The maximum absolute atomic E-state index is 12.7. The highest BCUT2D eigenvalue weighted by Crippen LogP contribution is 2.47. The Labute approximate surface area is 170 Å². The van der Waals surface area contributed by atoms with Crippen molar-refractivity contribution in [3.63, 3.8) is 0 Å². The third kappa shape index (κ3) is 2.88. The Hall–Kier alpha value is -3.22. The zero-order chi connectivity index (χ0) is 20.6. The molecule has 29 heavy (non-hydrogen) atoms. The van der Waals surface area contributed by atoms with Gasteiger partial charge in [0.05, 0.1) is 26.5 Å². The Balaban J connectivity index is 1.90. The average Bonchev–Trinajstić information content (AvgIpc) is 3.07. The molecule has 2 aliphatic rings. The molecule has 0 amide bonds. The number of fused-ring (bicyclic) bond motifs is 3. The van der Waals surface area contributed by atoms with Crippen LogP contribution in [0.4, 0.5) is 5.69 Å². The SMILES string of the molecule is CCOC(=O)C1=NN(c2ccccc2)C2(C)c3cc(OC)c(OC)cc3CCN12. The van der Waals surface area contributed by atoms with Crippen LogP contribution in [0.2, 0.25) is 0 Å². The van der Waals surface area contributed by atoms with Gasteiger partial charge in [0.1, 0.15) is 0 Å². The Morgan fingerprint density at radius 2 is 1.83 bits per heavy atom. The predicted molar refractivity (Wildman–Crippen MR) is 110 cm³/mol. The topological polar surface area (TPSA) is 63.6 Å². The standard InChI is InChI=1S/C22H25N3O4/c1-5-29-21(26)20-23-25(16-9-7-6-8-10-16)22(2)17-14-19(28-4)18(27-3)13-15(17)11-12-24(20)22/h6-10,13-14H,5,11-12H2,1-4H3. The van der Waals surface area contributed by atoms with E-state index in [0.29, 0.717) is 30.5 Å². The maximum Gasteiger partial charge on any atom is 0.376 e. The van der Waals surface area contributed by atoms with E-state index < -0.39 is 11.6 Å². The monoisotopic (exact) mass is 395 g/mol. The summed E-state index contributed by atoms with van der Waals surface area (Å²) in [6, 6.07) is 13.8. The molecule has 0 bridgehead atoms. The lowest BCUT2D eigenvalue weighted by Crippen LogP contribution is -2.55. The molecule has 0 spiro atoms. The second kappa shape index (κ2) is 7.31. The number of nitrogens with zero attached hydrogens (tertiary/aromatic N) is 3. The third-order valence-corrected chi connectivity index (χ3v) is 5.57. The van der Waals surface area contributed by atoms with E-state index in [1.807, 2.05) is 52.4 Å². The maximum atomic E-state index is 12.7. The number of benzene rings is 2. The zero-order valence-electron chi connectivity index (χ0n) is 17.1. The minimum absolute atomic E-state index is 0.301. The molecule has 1 atom stereocenters. The number of esters is 1. The number of hydrogen-bond acceptors (Lipinski definition) is 7. The zero-order valence-corrected chi connectivity index (χ0v) is 17.1. The first-order valence-corrected chi connectivity index (χ1v) is 9.68. The fourth-order valence-electron chi connectivity index (χ4n) is 4.18. The number of para-hydroxylation sites is 1. The molecule has 2 aromatic carbocycles. The summed E-state index contributed by atoms with van der Waals surface area (Å²) >= 11 is 0. The molecule has 2 aliphatic heterocycles. The number of carbonyl (C=O) groups excluding carboxylic acids is 1. The van der Waals surface area contributed by atoms with Crippen molar-refractivity contribution < 1.29 is 19.0 Å². The van der Waals surface area contributed by atoms with Gasteiger partial charge < -0.3 is 19.1 Å². The second-order valence-corrected chi connectivity index (χ2v) is 7.08. The summed E-state index contributed by atoms with van der Waals surface area (Å²) in [5.74, 6) is 1.24. The van der Waals surface area contributed by atoms with Crippen molar-refractivity contribution >= 4 is 17.5 Å². The van der Waals surface area contributed by atoms with Crippen molar-refractivity contribution in [1.82, 2.24) is 4.90 Å². The van der Waals surface area contributed by atoms with E-state index in [-0.39, 0.29) is 0 Å². The van der Waals surface area contributed by atoms with E-state index in [2.05, 4.69) is 6.92 Å². The van der Waals surface area contributed by atoms with Gasteiger partial charge in [-0.25, -0.2) is 9.80 Å². The summed E-state index contributed by atoms with van der Waals surface area (Å²) in [6.45, 7) is 4.80. The number of anilines is 1. The van der Waals surface area contributed by atoms with Crippen molar-refractivity contribution in [2.24, 2.45) is 5.10 Å². The molecule has 2 heterocycles. The lowest BCUT2D eigenvalue weighted by atomic mass is 9.87. The Kier molecular flexibility index (Phi) is 4.82.